The SMILES string of the molecule is Nc1ccc2c(c1)NC(=O)CCC/C=C(/c1ccc(Cl)cn1)c1cc(P)cc-2c1. The van der Waals surface area contributed by atoms with Gasteiger partial charge in [0.2, 0.25) is 5.91 Å². The van der Waals surface area contributed by atoms with Crippen molar-refractivity contribution < 1.29 is 4.79 Å². The first-order chi connectivity index (χ1) is 14.0. The number of carbonyl (C=O) groups excluding carboxylic acids is 1. The highest BCUT2D eigenvalue weighted by Gasteiger charge is 2.14. The predicted molar refractivity (Wildman–Crippen MR) is 124 cm³/mol. The minimum Gasteiger partial charge on any atom is -0.399 e. The Bertz CT molecular complexity index is 1110. The predicted octanol–water partition coefficient (Wildman–Crippen LogP) is 5.04. The van der Waals surface area contributed by atoms with Crippen LogP contribution >= 0.6 is 20.8 Å². The van der Waals surface area contributed by atoms with E-state index in [9.17, 15) is 4.79 Å². The molecule has 0 spiro atoms. The molecule has 1 aromatic heterocycles. The van der Waals surface area contributed by atoms with Gasteiger partial charge in [0.15, 0.2) is 0 Å². The molecule has 1 atom stereocenters. The van der Waals surface area contributed by atoms with Gasteiger partial charge in [-0.3, -0.25) is 9.78 Å². The van der Waals surface area contributed by atoms with Gasteiger partial charge in [-0.15, -0.1) is 9.24 Å². The maximum atomic E-state index is 12.4. The Morgan fingerprint density at radius 2 is 1.90 bits per heavy atom. The number of fused-ring (bicyclic) bond motifs is 4. The molecule has 1 aliphatic rings. The summed E-state index contributed by atoms with van der Waals surface area (Å²) in [6.07, 6.45) is 5.76. The van der Waals surface area contributed by atoms with Crippen molar-refractivity contribution in [3.05, 3.63) is 77.1 Å². The Morgan fingerprint density at radius 1 is 1.07 bits per heavy atom. The summed E-state index contributed by atoms with van der Waals surface area (Å²) in [6.45, 7) is 0. The smallest absolute Gasteiger partial charge is 0.224 e. The van der Waals surface area contributed by atoms with Crippen LogP contribution in [0.4, 0.5) is 11.4 Å². The number of nitrogens with zero attached hydrogens (tertiary/aromatic N) is 1. The zero-order valence-corrected chi connectivity index (χ0v) is 17.7. The molecule has 1 amide bonds. The van der Waals surface area contributed by atoms with Gasteiger partial charge in [0, 0.05) is 29.4 Å². The number of anilines is 2. The summed E-state index contributed by atoms with van der Waals surface area (Å²) in [4.78, 5) is 17.0. The lowest BCUT2D eigenvalue weighted by molar-refractivity contribution is -0.116. The van der Waals surface area contributed by atoms with Crippen molar-refractivity contribution in [2.75, 3.05) is 11.1 Å². The second kappa shape index (κ2) is 8.36. The zero-order chi connectivity index (χ0) is 20.4. The first kappa shape index (κ1) is 19.6. The summed E-state index contributed by atoms with van der Waals surface area (Å²) in [5.74, 6) is -0.0146. The van der Waals surface area contributed by atoms with Crippen LogP contribution in [0.25, 0.3) is 16.7 Å². The molecule has 2 bridgehead atoms. The second-order valence-electron chi connectivity index (χ2n) is 7.07. The molecule has 2 heterocycles. The molecular weight excluding hydrogens is 401 g/mol. The van der Waals surface area contributed by atoms with Crippen molar-refractivity contribution in [3.8, 4) is 11.1 Å². The molecule has 29 heavy (non-hydrogen) atoms. The van der Waals surface area contributed by atoms with E-state index >= 15 is 0 Å². The molecule has 1 unspecified atom stereocenters. The molecule has 0 saturated carbocycles. The molecule has 6 heteroatoms. The van der Waals surface area contributed by atoms with Gasteiger partial charge in [-0.2, -0.15) is 0 Å². The third kappa shape index (κ3) is 4.50. The summed E-state index contributed by atoms with van der Waals surface area (Å²) in [6, 6.07) is 15.7. The van der Waals surface area contributed by atoms with E-state index in [1.807, 2.05) is 30.3 Å². The summed E-state index contributed by atoms with van der Waals surface area (Å²) >= 11 is 6.03. The number of hydrogen-bond donors (Lipinski definition) is 2. The van der Waals surface area contributed by atoms with Crippen molar-refractivity contribution in [2.45, 2.75) is 19.3 Å². The van der Waals surface area contributed by atoms with E-state index in [4.69, 9.17) is 17.3 Å². The van der Waals surface area contributed by atoms with Crippen molar-refractivity contribution in [1.29, 1.82) is 0 Å². The summed E-state index contributed by atoms with van der Waals surface area (Å²) in [7, 11) is 2.77. The lowest BCUT2D eigenvalue weighted by Gasteiger charge is -2.16. The van der Waals surface area contributed by atoms with E-state index in [-0.39, 0.29) is 5.91 Å². The van der Waals surface area contributed by atoms with E-state index < -0.39 is 0 Å². The fourth-order valence-electron chi connectivity index (χ4n) is 3.51. The van der Waals surface area contributed by atoms with Crippen LogP contribution in [0.3, 0.4) is 0 Å². The summed E-state index contributed by atoms with van der Waals surface area (Å²) < 4.78 is 0. The molecule has 3 aromatic rings. The van der Waals surface area contributed by atoms with Gasteiger partial charge < -0.3 is 11.1 Å². The number of nitrogen functional groups attached to an aromatic ring is 1. The van der Waals surface area contributed by atoms with Gasteiger partial charge in [-0.1, -0.05) is 23.7 Å². The van der Waals surface area contributed by atoms with Gasteiger partial charge in [0.05, 0.1) is 16.4 Å². The van der Waals surface area contributed by atoms with Crippen LogP contribution in [0.15, 0.2) is 60.8 Å². The quantitative estimate of drug-likeness (QED) is 0.427. The van der Waals surface area contributed by atoms with Crippen LogP contribution < -0.4 is 16.4 Å². The van der Waals surface area contributed by atoms with Gasteiger partial charge in [0.1, 0.15) is 0 Å². The number of nitrogens with one attached hydrogen (secondary N) is 1. The monoisotopic (exact) mass is 421 g/mol. The zero-order valence-electron chi connectivity index (χ0n) is 15.8. The lowest BCUT2D eigenvalue weighted by atomic mass is 9.94. The minimum absolute atomic E-state index is 0.0146. The Balaban J connectivity index is 1.92. The third-order valence-corrected chi connectivity index (χ3v) is 5.41. The maximum absolute atomic E-state index is 12.4. The molecule has 3 N–H and O–H groups in total. The lowest BCUT2D eigenvalue weighted by Crippen LogP contribution is -2.12. The Labute approximate surface area is 177 Å². The van der Waals surface area contributed by atoms with Crippen LogP contribution in [-0.4, -0.2) is 10.9 Å². The number of allylic oxidation sites excluding steroid dienone is 1. The standard InChI is InChI=1S/C23H21ClN3OP/c24-16-5-8-21(26-13-16)19-3-1-2-4-23(28)27-22-12-17(25)6-7-20(22)15-9-14(19)10-18(29)11-15/h3,5-13H,1-2,4,25,29H2,(H,27,28)/b19-3+. The topological polar surface area (TPSA) is 68.0 Å². The maximum Gasteiger partial charge on any atom is 0.224 e. The number of rotatable bonds is 1. The first-order valence-electron chi connectivity index (χ1n) is 9.42. The van der Waals surface area contributed by atoms with Crippen LogP contribution in [0, 0.1) is 0 Å². The number of aromatic nitrogens is 1. The van der Waals surface area contributed by atoms with E-state index in [0.29, 0.717) is 17.1 Å². The van der Waals surface area contributed by atoms with Crippen LogP contribution in [0.5, 0.6) is 0 Å². The molecule has 0 radical (unpaired) electrons. The molecule has 1 aliphatic heterocycles. The first-order valence-corrected chi connectivity index (χ1v) is 10.4. The number of nitrogens with two attached hydrogens (primary N) is 1. The molecule has 4 rings (SSSR count). The number of halogens is 1. The van der Waals surface area contributed by atoms with Crippen molar-refractivity contribution in [2.24, 2.45) is 0 Å². The van der Waals surface area contributed by atoms with Gasteiger partial charge in [-0.05, 0) is 71.7 Å². The molecule has 0 fully saturated rings. The van der Waals surface area contributed by atoms with Gasteiger partial charge in [0.25, 0.3) is 0 Å². The average Bonchev–Trinajstić information content (AvgIpc) is 2.68. The molecule has 2 aromatic carbocycles. The highest BCUT2D eigenvalue weighted by Crippen LogP contribution is 2.34. The van der Waals surface area contributed by atoms with Crippen LogP contribution in [-0.2, 0) is 4.79 Å². The van der Waals surface area contributed by atoms with E-state index in [1.54, 1.807) is 6.20 Å². The number of amides is 1. The van der Waals surface area contributed by atoms with Crippen LogP contribution in [0.1, 0.15) is 30.5 Å². The van der Waals surface area contributed by atoms with E-state index in [2.05, 4.69) is 43.8 Å². The minimum atomic E-state index is -0.0146. The highest BCUT2D eigenvalue weighted by molar-refractivity contribution is 7.27. The number of carbonyl (C=O) groups is 1. The highest BCUT2D eigenvalue weighted by atomic mass is 35.5. The third-order valence-electron chi connectivity index (χ3n) is 4.85. The normalized spacial score (nSPS) is 15.9. The number of pyridine rings is 1. The van der Waals surface area contributed by atoms with Gasteiger partial charge in [-0.25, -0.2) is 0 Å². The van der Waals surface area contributed by atoms with Gasteiger partial charge >= 0.3 is 0 Å². The molecule has 4 nitrogen and oxygen atoms in total. The number of hydrogen-bond acceptors (Lipinski definition) is 3. The molecule has 146 valence electrons. The Hall–Kier alpha value is -2.68. The Kier molecular flexibility index (Phi) is 5.66. The average molecular weight is 422 g/mol. The van der Waals surface area contributed by atoms with Crippen molar-refractivity contribution in [3.63, 3.8) is 0 Å². The number of benzene rings is 2. The fourth-order valence-corrected chi connectivity index (χ4v) is 3.98. The second-order valence-corrected chi connectivity index (χ2v) is 8.17. The Morgan fingerprint density at radius 3 is 2.69 bits per heavy atom. The molecular formula is C23H21ClN3OP. The van der Waals surface area contributed by atoms with E-state index in [0.717, 1.165) is 51.8 Å². The van der Waals surface area contributed by atoms with Crippen LogP contribution in [0.2, 0.25) is 5.02 Å². The summed E-state index contributed by atoms with van der Waals surface area (Å²) in [5.41, 5.74) is 12.2. The molecule has 0 saturated heterocycles. The molecule has 0 aliphatic carbocycles. The van der Waals surface area contributed by atoms with Crippen molar-refractivity contribution in [1.82, 2.24) is 4.98 Å². The summed E-state index contributed by atoms with van der Waals surface area (Å²) in [5, 5.41) is 4.67. The largest absolute Gasteiger partial charge is 0.399 e. The van der Waals surface area contributed by atoms with Crippen molar-refractivity contribution >= 4 is 49.0 Å². The fraction of sp³-hybridized carbons (Fsp3) is 0.130. The van der Waals surface area contributed by atoms with E-state index in [1.165, 1.54) is 0 Å².